The van der Waals surface area contributed by atoms with Crippen molar-refractivity contribution < 1.29 is 19.1 Å². The number of benzene rings is 1. The van der Waals surface area contributed by atoms with E-state index in [2.05, 4.69) is 48.8 Å². The highest BCUT2D eigenvalue weighted by Gasteiger charge is 2.19. The van der Waals surface area contributed by atoms with Crippen molar-refractivity contribution in [1.82, 2.24) is 4.90 Å². The quantitative estimate of drug-likeness (QED) is 0.0486. The van der Waals surface area contributed by atoms with Gasteiger partial charge in [-0.15, -0.1) is 0 Å². The summed E-state index contributed by atoms with van der Waals surface area (Å²) in [7, 11) is 0. The van der Waals surface area contributed by atoms with Gasteiger partial charge in [-0.2, -0.15) is 12.6 Å². The molecule has 1 fully saturated rings. The Labute approximate surface area is 255 Å². The van der Waals surface area contributed by atoms with Gasteiger partial charge in [0.1, 0.15) is 5.75 Å². The Morgan fingerprint density at radius 3 is 2.22 bits per heavy atom. The molecule has 0 N–H and O–H groups in total. The summed E-state index contributed by atoms with van der Waals surface area (Å²) in [5.74, 6) is 1.67. The molecule has 5 nitrogen and oxygen atoms in total. The van der Waals surface area contributed by atoms with Crippen molar-refractivity contribution in [2.45, 2.75) is 110 Å². The maximum absolute atomic E-state index is 12.2. The average molecular weight is 586 g/mol. The lowest BCUT2D eigenvalue weighted by Crippen LogP contribution is -2.35. The molecule has 1 saturated heterocycles. The van der Waals surface area contributed by atoms with Gasteiger partial charge in [-0.3, -0.25) is 9.59 Å². The predicted molar refractivity (Wildman–Crippen MR) is 174 cm³/mol. The minimum absolute atomic E-state index is 0.195. The molecule has 1 aliphatic heterocycles. The second-order valence-electron chi connectivity index (χ2n) is 11.3. The second kappa shape index (κ2) is 23.5. The number of rotatable bonds is 22. The summed E-state index contributed by atoms with van der Waals surface area (Å²) in [5.41, 5.74) is 0.864. The molecule has 0 unspecified atom stereocenters. The third kappa shape index (κ3) is 18.2. The number of piperidine rings is 1. The van der Waals surface area contributed by atoms with Crippen LogP contribution in [0.25, 0.3) is 0 Å². The molecule has 230 valence electrons. The molecule has 0 radical (unpaired) electrons. The largest absolute Gasteiger partial charge is 0.465 e. The Balaban J connectivity index is 1.46. The number of carbonyl (C=O) groups is 2. The molecule has 1 aromatic carbocycles. The minimum atomic E-state index is -0.205. The van der Waals surface area contributed by atoms with Gasteiger partial charge in [-0.1, -0.05) is 75.5 Å². The first-order chi connectivity index (χ1) is 20.1. The Kier molecular flexibility index (Phi) is 20.2. The summed E-state index contributed by atoms with van der Waals surface area (Å²) >= 11 is 4.31. The van der Waals surface area contributed by atoms with Gasteiger partial charge in [0.25, 0.3) is 0 Å². The number of unbranched alkanes of at least 4 members (excludes halogenated alkanes) is 8. The molecule has 1 aromatic rings. The number of thiol groups is 1. The van der Waals surface area contributed by atoms with Crippen molar-refractivity contribution in [1.29, 1.82) is 0 Å². The Hall–Kier alpha value is -2.05. The smallest absolute Gasteiger partial charge is 0.311 e. The second-order valence-corrected chi connectivity index (χ2v) is 11.7. The van der Waals surface area contributed by atoms with Crippen molar-refractivity contribution in [2.24, 2.45) is 5.92 Å². The summed E-state index contributed by atoms with van der Waals surface area (Å²) in [5, 5.41) is 0. The van der Waals surface area contributed by atoms with Crippen molar-refractivity contribution >= 4 is 24.6 Å². The molecule has 0 spiro atoms. The van der Waals surface area contributed by atoms with Crippen LogP contribution in [0.2, 0.25) is 0 Å². The molecule has 0 amide bonds. The normalized spacial score (nSPS) is 14.7. The third-order valence-corrected chi connectivity index (χ3v) is 7.95. The first-order valence-corrected chi connectivity index (χ1v) is 16.8. The van der Waals surface area contributed by atoms with Gasteiger partial charge in [0.15, 0.2) is 0 Å². The molecular weight excluding hydrogens is 530 g/mol. The Morgan fingerprint density at radius 2 is 1.54 bits per heavy atom. The number of ether oxygens (including phenoxy) is 2. The fourth-order valence-corrected chi connectivity index (χ4v) is 5.42. The van der Waals surface area contributed by atoms with Gasteiger partial charge in [0.2, 0.25) is 0 Å². The maximum atomic E-state index is 12.2. The van der Waals surface area contributed by atoms with Crippen LogP contribution in [0.3, 0.4) is 0 Å². The number of hydrogen-bond donors (Lipinski definition) is 1. The zero-order valence-corrected chi connectivity index (χ0v) is 26.5. The van der Waals surface area contributed by atoms with E-state index in [1.807, 2.05) is 12.1 Å². The lowest BCUT2D eigenvalue weighted by molar-refractivity contribution is -0.143. The molecular formula is C35H55NO4S. The van der Waals surface area contributed by atoms with Crippen molar-refractivity contribution in [3.8, 4) is 5.75 Å². The molecule has 1 aliphatic rings. The molecule has 0 aromatic heterocycles. The van der Waals surface area contributed by atoms with E-state index in [1.54, 1.807) is 12.1 Å². The monoisotopic (exact) mass is 585 g/mol. The fraction of sp³-hybridized carbons (Fsp3) is 0.657. The molecule has 41 heavy (non-hydrogen) atoms. The number of carbonyl (C=O) groups excluding carboxylic acids is 2. The highest BCUT2D eigenvalue weighted by molar-refractivity contribution is 7.80. The van der Waals surface area contributed by atoms with E-state index in [0.717, 1.165) is 69.5 Å². The van der Waals surface area contributed by atoms with Gasteiger partial charge >= 0.3 is 11.9 Å². The Bertz CT molecular complexity index is 875. The number of likely N-dealkylation sites (tertiary alicyclic amines) is 1. The van der Waals surface area contributed by atoms with E-state index in [1.165, 1.54) is 51.4 Å². The van der Waals surface area contributed by atoms with Crippen LogP contribution < -0.4 is 4.74 Å². The molecule has 0 atom stereocenters. The maximum Gasteiger partial charge on any atom is 0.311 e. The number of nitrogens with zero attached hydrogens (tertiary/aromatic N) is 1. The molecule has 0 aliphatic carbocycles. The topological polar surface area (TPSA) is 55.8 Å². The summed E-state index contributed by atoms with van der Waals surface area (Å²) < 4.78 is 11.0. The first kappa shape index (κ1) is 35.1. The summed E-state index contributed by atoms with van der Waals surface area (Å²) in [6.07, 6.45) is 25.8. The van der Waals surface area contributed by atoms with Crippen LogP contribution >= 0.6 is 12.6 Å². The van der Waals surface area contributed by atoms with Gasteiger partial charge in [0, 0.05) is 18.7 Å². The molecule has 1 heterocycles. The van der Waals surface area contributed by atoms with E-state index in [-0.39, 0.29) is 18.4 Å². The molecule has 2 rings (SSSR count). The van der Waals surface area contributed by atoms with Crippen molar-refractivity contribution in [2.75, 3.05) is 32.0 Å². The highest BCUT2D eigenvalue weighted by atomic mass is 32.1. The van der Waals surface area contributed by atoms with Crippen LogP contribution in [0.1, 0.15) is 109 Å². The number of allylic oxidation sites excluding steroid dienone is 4. The van der Waals surface area contributed by atoms with Gasteiger partial charge in [-0.05, 0) is 94.5 Å². The number of esters is 2. The van der Waals surface area contributed by atoms with Crippen LogP contribution in [0.5, 0.6) is 5.75 Å². The highest BCUT2D eigenvalue weighted by Crippen LogP contribution is 2.21. The van der Waals surface area contributed by atoms with E-state index in [0.29, 0.717) is 24.7 Å². The fourth-order valence-electron chi connectivity index (χ4n) is 5.14. The van der Waals surface area contributed by atoms with Crippen LogP contribution in [0, 0.1) is 5.92 Å². The SMILES string of the molecule is CCCCC/C=C\C/C=C\CCCCCCCC(=O)Oc1ccc(CC(=O)OCCC2CCN(CCS)CC2)cc1. The lowest BCUT2D eigenvalue weighted by atomic mass is 9.94. The van der Waals surface area contributed by atoms with Crippen LogP contribution in [0.4, 0.5) is 0 Å². The van der Waals surface area contributed by atoms with Crippen molar-refractivity contribution in [3.05, 3.63) is 54.1 Å². The van der Waals surface area contributed by atoms with Gasteiger partial charge < -0.3 is 14.4 Å². The third-order valence-electron chi connectivity index (χ3n) is 7.75. The molecule has 0 saturated carbocycles. The van der Waals surface area contributed by atoms with Crippen LogP contribution in [-0.2, 0) is 20.7 Å². The zero-order chi connectivity index (χ0) is 29.4. The molecule has 6 heteroatoms. The minimum Gasteiger partial charge on any atom is -0.465 e. The molecule has 0 bridgehead atoms. The summed E-state index contributed by atoms with van der Waals surface area (Å²) in [6, 6.07) is 7.18. The Morgan fingerprint density at radius 1 is 0.878 bits per heavy atom. The average Bonchev–Trinajstić information content (AvgIpc) is 2.97. The first-order valence-electron chi connectivity index (χ1n) is 16.2. The van der Waals surface area contributed by atoms with Crippen LogP contribution in [-0.4, -0.2) is 48.8 Å². The summed E-state index contributed by atoms with van der Waals surface area (Å²) in [4.78, 5) is 26.9. The zero-order valence-electron chi connectivity index (χ0n) is 25.6. The van der Waals surface area contributed by atoms with E-state index in [4.69, 9.17) is 9.47 Å². The standard InChI is InChI=1S/C35H55NO4S/c1-2-3-4-5-6-7-8-9-10-11-12-13-14-15-16-17-34(37)40-33-20-18-32(19-21-33)30-35(38)39-28-24-31-22-25-36(26-23-31)27-29-41/h6-7,9-10,18-21,31,41H,2-5,8,11-17,22-30H2,1H3/b7-6-,10-9-. The lowest BCUT2D eigenvalue weighted by Gasteiger charge is -2.31. The van der Waals surface area contributed by atoms with Gasteiger partial charge in [0.05, 0.1) is 13.0 Å². The van der Waals surface area contributed by atoms with E-state index < -0.39 is 0 Å². The van der Waals surface area contributed by atoms with Gasteiger partial charge in [-0.25, -0.2) is 0 Å². The van der Waals surface area contributed by atoms with Crippen LogP contribution in [0.15, 0.2) is 48.6 Å². The predicted octanol–water partition coefficient (Wildman–Crippen LogP) is 8.52. The number of hydrogen-bond acceptors (Lipinski definition) is 6. The van der Waals surface area contributed by atoms with E-state index in [9.17, 15) is 9.59 Å². The summed E-state index contributed by atoms with van der Waals surface area (Å²) in [6.45, 7) is 6.01. The van der Waals surface area contributed by atoms with E-state index >= 15 is 0 Å². The van der Waals surface area contributed by atoms with Crippen molar-refractivity contribution in [3.63, 3.8) is 0 Å².